The van der Waals surface area contributed by atoms with Crippen LogP contribution in [0.2, 0.25) is 0 Å². The third kappa shape index (κ3) is 2.10. The normalized spacial score (nSPS) is 11.1. The zero-order valence-corrected chi connectivity index (χ0v) is 15.0. The minimum atomic E-state index is -0.415. The zero-order valence-electron chi connectivity index (χ0n) is 13.3. The molecule has 0 unspecified atom stereocenters. The number of hydrogen-bond donors (Lipinski definition) is 0. The van der Waals surface area contributed by atoms with Gasteiger partial charge in [-0.1, -0.05) is 0 Å². The van der Waals surface area contributed by atoms with Gasteiger partial charge in [0.05, 0.1) is 0 Å². The van der Waals surface area contributed by atoms with Crippen LogP contribution in [0.15, 0.2) is 48.7 Å². The second-order valence-corrected chi connectivity index (χ2v) is 7.96. The molecule has 0 aliphatic rings. The van der Waals surface area contributed by atoms with E-state index < -0.39 is 5.82 Å². The fourth-order valence-corrected chi connectivity index (χ4v) is 6.08. The molecule has 0 fully saturated rings. The van der Waals surface area contributed by atoms with E-state index in [0.717, 1.165) is 20.7 Å². The molecule has 2 aromatic carbocycles. The van der Waals surface area contributed by atoms with Crippen LogP contribution >= 0.6 is 0 Å². The van der Waals surface area contributed by atoms with E-state index in [9.17, 15) is 4.39 Å². The molecule has 4 rings (SSSR count). The van der Waals surface area contributed by atoms with Gasteiger partial charge in [-0.2, -0.15) is 0 Å². The average Bonchev–Trinajstić information content (AvgIpc) is 2.94. The fourth-order valence-electron chi connectivity index (χ4n) is 3.17. The summed E-state index contributed by atoms with van der Waals surface area (Å²) in [5, 5.41) is 2.15. The van der Waals surface area contributed by atoms with Crippen molar-refractivity contribution in [1.82, 2.24) is 0 Å². The van der Waals surface area contributed by atoms with Gasteiger partial charge >= 0.3 is 145 Å². The zero-order chi connectivity index (χ0) is 16.8. The van der Waals surface area contributed by atoms with Crippen molar-refractivity contribution in [1.29, 1.82) is 0 Å². The number of nitrogens with zero attached hydrogens (tertiary/aromatic N) is 2. The summed E-state index contributed by atoms with van der Waals surface area (Å²) >= 11 is -0.0726. The Bertz CT molecular complexity index is 1150. The number of hydrogen-bond acceptors (Lipinski definition) is 0. The molecule has 0 atom stereocenters. The predicted octanol–water partition coefficient (Wildman–Crippen LogP) is 4.54. The van der Waals surface area contributed by atoms with Crippen LogP contribution in [0.25, 0.3) is 35.4 Å². The van der Waals surface area contributed by atoms with Crippen molar-refractivity contribution in [3.63, 3.8) is 0 Å². The maximum absolute atomic E-state index is 14.0. The molecule has 0 radical (unpaired) electrons. The Morgan fingerprint density at radius 2 is 1.79 bits per heavy atom. The molecule has 4 heteroatoms. The molecule has 116 valence electrons. The Balaban J connectivity index is 2.20. The third-order valence-electron chi connectivity index (χ3n) is 4.37. The number of aromatic nitrogens is 1. The van der Waals surface area contributed by atoms with Gasteiger partial charge < -0.3 is 0 Å². The molecule has 0 aliphatic carbocycles. The van der Waals surface area contributed by atoms with E-state index in [-0.39, 0.29) is 20.2 Å². The molecule has 2 heterocycles. The Kier molecular flexibility index (Phi) is 3.49. The van der Waals surface area contributed by atoms with Gasteiger partial charge in [-0.25, -0.2) is 0 Å². The molecule has 0 amide bonds. The summed E-state index contributed by atoms with van der Waals surface area (Å²) in [6.45, 7) is 9.45. The molecule has 0 N–H and O–H groups in total. The van der Waals surface area contributed by atoms with Crippen LogP contribution in [0.1, 0.15) is 5.56 Å². The molecule has 0 saturated carbocycles. The predicted molar refractivity (Wildman–Crippen MR) is 96.0 cm³/mol. The third-order valence-corrected chi connectivity index (χ3v) is 6.98. The quantitative estimate of drug-likeness (QED) is 0.260. The minimum absolute atomic E-state index is 0.0726. The molecule has 0 aliphatic heterocycles. The molecule has 24 heavy (non-hydrogen) atoms. The first-order valence-electron chi connectivity index (χ1n) is 7.58. The van der Waals surface area contributed by atoms with E-state index in [1.54, 1.807) is 0 Å². The Morgan fingerprint density at radius 3 is 2.54 bits per heavy atom. The molecule has 0 spiro atoms. The van der Waals surface area contributed by atoms with Crippen LogP contribution in [0.5, 0.6) is 0 Å². The summed E-state index contributed by atoms with van der Waals surface area (Å²) < 4.78 is 18.3. The van der Waals surface area contributed by atoms with Crippen molar-refractivity contribution in [3.05, 3.63) is 71.5 Å². The van der Waals surface area contributed by atoms with Crippen molar-refractivity contribution in [2.24, 2.45) is 7.05 Å². The van der Waals surface area contributed by atoms with Crippen LogP contribution in [-0.4, -0.2) is 14.5 Å². The number of pyridine rings is 1. The van der Waals surface area contributed by atoms with Gasteiger partial charge in [-0.15, -0.1) is 0 Å². The summed E-state index contributed by atoms with van der Waals surface area (Å²) in [7, 11) is 2.04. The summed E-state index contributed by atoms with van der Waals surface area (Å²) in [6, 6.07) is 13.6. The number of halogens is 1. The van der Waals surface area contributed by atoms with E-state index >= 15 is 0 Å². The van der Waals surface area contributed by atoms with Crippen molar-refractivity contribution < 1.29 is 8.96 Å². The Hall–Kier alpha value is -2.47. The Labute approximate surface area is 145 Å². The van der Waals surface area contributed by atoms with Crippen molar-refractivity contribution in [3.8, 4) is 11.3 Å². The van der Waals surface area contributed by atoms with Gasteiger partial charge in [0, 0.05) is 0 Å². The van der Waals surface area contributed by atoms with Gasteiger partial charge in [0.25, 0.3) is 0 Å². The van der Waals surface area contributed by atoms with Crippen LogP contribution < -0.4 is 4.57 Å². The number of aryl methyl sites for hydroxylation is 2. The van der Waals surface area contributed by atoms with Gasteiger partial charge in [0.15, 0.2) is 0 Å². The number of rotatable bonds is 1. The summed E-state index contributed by atoms with van der Waals surface area (Å²) in [5.41, 5.74) is 3.74. The van der Waals surface area contributed by atoms with E-state index in [1.807, 2.05) is 31.4 Å². The van der Waals surface area contributed by atoms with E-state index in [0.29, 0.717) is 0 Å². The van der Waals surface area contributed by atoms with Crippen molar-refractivity contribution in [2.75, 3.05) is 0 Å². The molecule has 0 saturated heterocycles. The maximum atomic E-state index is 14.0. The van der Waals surface area contributed by atoms with Crippen LogP contribution in [0.3, 0.4) is 0 Å². The van der Waals surface area contributed by atoms with E-state index in [2.05, 4.69) is 34.5 Å². The molecule has 0 bridgehead atoms. The fraction of sp³-hybridized carbons (Fsp3) is 0.100. The van der Waals surface area contributed by atoms with E-state index in [4.69, 9.17) is 6.57 Å². The summed E-state index contributed by atoms with van der Waals surface area (Å²) in [4.78, 5) is 3.45. The molecule has 2 aromatic heterocycles. The van der Waals surface area contributed by atoms with Gasteiger partial charge in [0.1, 0.15) is 0 Å². The first kappa shape index (κ1) is 15.1. The standard InChI is InChI=1S/C20H14FN2Se/c1-12-7-8-13-14-9-10-15(21)18(22-2)20(14)24-19(13)17(12)16-6-4-5-11-23(16)3/h4-11H,1,3H3/q+1. The average molecular weight is 380 g/mol. The molecular weight excluding hydrogens is 366 g/mol. The van der Waals surface area contributed by atoms with Crippen LogP contribution in [-0.2, 0) is 7.05 Å². The Morgan fingerprint density at radius 1 is 1.04 bits per heavy atom. The second-order valence-electron chi connectivity index (χ2n) is 5.82. The SMILES string of the molecule is [C-]#[N+]c1c(F)ccc2c1[se]c1c(-c3cccc[n+]3C)c(C)ccc12. The topological polar surface area (TPSA) is 8.24 Å². The number of benzene rings is 2. The summed E-state index contributed by atoms with van der Waals surface area (Å²) in [6.07, 6.45) is 2.04. The van der Waals surface area contributed by atoms with Gasteiger partial charge in [0.2, 0.25) is 0 Å². The van der Waals surface area contributed by atoms with Crippen LogP contribution in [0.4, 0.5) is 10.1 Å². The van der Waals surface area contributed by atoms with Crippen molar-refractivity contribution >= 4 is 39.5 Å². The first-order valence-corrected chi connectivity index (χ1v) is 9.30. The van der Waals surface area contributed by atoms with Crippen LogP contribution in [0, 0.1) is 19.3 Å². The first-order chi connectivity index (χ1) is 11.6. The summed E-state index contributed by atoms with van der Waals surface area (Å²) in [5.74, 6) is -0.415. The van der Waals surface area contributed by atoms with Gasteiger partial charge in [-0.3, -0.25) is 0 Å². The molecule has 4 aromatic rings. The molecular formula is C20H14FN2Se+. The number of fused-ring (bicyclic) bond motifs is 3. The van der Waals surface area contributed by atoms with Gasteiger partial charge in [-0.05, 0) is 0 Å². The molecule has 2 nitrogen and oxygen atoms in total. The monoisotopic (exact) mass is 381 g/mol. The second kappa shape index (κ2) is 5.56. The van der Waals surface area contributed by atoms with E-state index in [1.165, 1.54) is 21.5 Å². The van der Waals surface area contributed by atoms with Crippen molar-refractivity contribution in [2.45, 2.75) is 6.92 Å².